The molecule has 0 saturated carbocycles. The molecular weight excluding hydrogens is 737 g/mol. The lowest BCUT2D eigenvalue weighted by Gasteiger charge is -2.61. The number of H-pyrrole nitrogens is 1. The average molecular weight is 787 g/mol. The van der Waals surface area contributed by atoms with Gasteiger partial charge in [-0.3, -0.25) is 14.4 Å². The van der Waals surface area contributed by atoms with E-state index in [4.69, 9.17) is 9.47 Å². The van der Waals surface area contributed by atoms with E-state index in [0.717, 1.165) is 62.2 Å². The molecular formula is C46H50N4O8. The second kappa shape index (κ2) is 17.0. The number of piperidine rings is 3. The Bertz CT molecular complexity index is 2290. The van der Waals surface area contributed by atoms with Gasteiger partial charge in [-0.15, -0.1) is 0 Å². The maximum Gasteiger partial charge on any atom is 0.318 e. The van der Waals surface area contributed by atoms with Crippen LogP contribution in [0.3, 0.4) is 0 Å². The first-order chi connectivity index (χ1) is 28.2. The van der Waals surface area contributed by atoms with Crippen LogP contribution in [0.4, 0.5) is 0 Å². The fourth-order valence-corrected chi connectivity index (χ4v) is 9.28. The van der Waals surface area contributed by atoms with E-state index >= 15 is 0 Å². The summed E-state index contributed by atoms with van der Waals surface area (Å²) in [6.45, 7) is 4.87. The lowest BCUT2D eigenvalue weighted by molar-refractivity contribution is -0.162. The highest BCUT2D eigenvalue weighted by Crippen LogP contribution is 2.50. The molecule has 4 atom stereocenters. The lowest BCUT2D eigenvalue weighted by atomic mass is 9.58. The number of aromatic hydroxyl groups is 1. The Hall–Kier alpha value is -5.69. The van der Waals surface area contributed by atoms with Gasteiger partial charge in [0.25, 0.3) is 5.91 Å². The van der Waals surface area contributed by atoms with Gasteiger partial charge in [-0.05, 0) is 122 Å². The average Bonchev–Trinajstić information content (AvgIpc) is 3.23. The third-order valence-electron chi connectivity index (χ3n) is 12.3. The number of benzene rings is 4. The minimum atomic E-state index is -1.14. The molecule has 4 saturated heterocycles. The van der Waals surface area contributed by atoms with Crippen LogP contribution >= 0.6 is 0 Å². The number of unbranched alkanes of at least 4 members (excludes halogenated alkanes) is 1. The number of rotatable bonds is 16. The molecule has 1 aromatic heterocycles. The van der Waals surface area contributed by atoms with Gasteiger partial charge in [-0.2, -0.15) is 0 Å². The summed E-state index contributed by atoms with van der Waals surface area (Å²) in [5.74, 6) is 0.796. The SMILES string of the molecule is O=C(c1ccc(OCc2cccc(OCCCCNC[C@H](O)c3ccc(O)c4[nH]c(=O)ccc34)c2)cc1)N1CC(C(=O)O)(c2ccccc2)[C@H]1C1CN2CCC1CC2. The van der Waals surface area contributed by atoms with Crippen molar-refractivity contribution in [2.24, 2.45) is 11.8 Å². The number of aliphatic carboxylic acids is 1. The molecule has 1 amide bonds. The molecule has 5 heterocycles. The van der Waals surface area contributed by atoms with Crippen molar-refractivity contribution >= 4 is 22.8 Å². The van der Waals surface area contributed by atoms with E-state index in [0.29, 0.717) is 60.0 Å². The fraction of sp³-hybridized carbons (Fsp3) is 0.370. The van der Waals surface area contributed by atoms with Gasteiger partial charge in [0.15, 0.2) is 0 Å². The number of hydrogen-bond donors (Lipinski definition) is 5. The van der Waals surface area contributed by atoms with Crippen LogP contribution in [0.5, 0.6) is 17.2 Å². The van der Waals surface area contributed by atoms with Crippen molar-refractivity contribution in [1.29, 1.82) is 0 Å². The van der Waals surface area contributed by atoms with Gasteiger partial charge >= 0.3 is 5.97 Å². The lowest BCUT2D eigenvalue weighted by Crippen LogP contribution is -2.76. The molecule has 5 aromatic rings. The smallest absolute Gasteiger partial charge is 0.318 e. The summed E-state index contributed by atoms with van der Waals surface area (Å²) in [5.41, 5.74) is 1.69. The molecule has 0 radical (unpaired) electrons. The van der Waals surface area contributed by atoms with Gasteiger partial charge < -0.3 is 44.9 Å². The Kier molecular flexibility index (Phi) is 11.5. The van der Waals surface area contributed by atoms with Crippen LogP contribution in [0.15, 0.2) is 108 Å². The Labute approximate surface area is 337 Å². The van der Waals surface area contributed by atoms with Gasteiger partial charge in [-0.25, -0.2) is 0 Å². The Morgan fingerprint density at radius 2 is 1.69 bits per heavy atom. The van der Waals surface area contributed by atoms with Gasteiger partial charge in [0.1, 0.15) is 29.3 Å². The maximum absolute atomic E-state index is 14.1. The highest BCUT2D eigenvalue weighted by atomic mass is 16.5. The van der Waals surface area contributed by atoms with Crippen LogP contribution in [0.2, 0.25) is 0 Å². The summed E-state index contributed by atoms with van der Waals surface area (Å²) in [6, 6.07) is 30.0. The molecule has 12 nitrogen and oxygen atoms in total. The quantitative estimate of drug-likeness (QED) is 0.0810. The van der Waals surface area contributed by atoms with E-state index in [1.165, 1.54) is 12.1 Å². The minimum absolute atomic E-state index is 0.0399. The number of nitrogens with zero attached hydrogens (tertiary/aromatic N) is 2. The van der Waals surface area contributed by atoms with E-state index in [1.807, 2.05) is 59.5 Å². The number of pyridine rings is 1. The molecule has 5 N–H and O–H groups in total. The molecule has 0 spiro atoms. The number of carbonyl (C=O) groups is 2. The first kappa shape index (κ1) is 39.2. The molecule has 302 valence electrons. The summed E-state index contributed by atoms with van der Waals surface area (Å²) >= 11 is 0. The normalized spacial score (nSPS) is 22.9. The van der Waals surface area contributed by atoms with Crippen LogP contribution in [0, 0.1) is 11.8 Å². The summed E-state index contributed by atoms with van der Waals surface area (Å²) in [4.78, 5) is 45.7. The Morgan fingerprint density at radius 3 is 2.43 bits per heavy atom. The van der Waals surface area contributed by atoms with Crippen molar-refractivity contribution < 1.29 is 34.4 Å². The van der Waals surface area contributed by atoms with E-state index in [-0.39, 0.29) is 29.7 Å². The number of carboxylic acids is 1. The topological polar surface area (TPSA) is 165 Å². The van der Waals surface area contributed by atoms with E-state index in [1.54, 1.807) is 36.4 Å². The predicted octanol–water partition coefficient (Wildman–Crippen LogP) is 5.48. The highest BCUT2D eigenvalue weighted by Gasteiger charge is 2.64. The number of aliphatic hydroxyl groups excluding tert-OH is 1. The van der Waals surface area contributed by atoms with Crippen LogP contribution in [-0.2, 0) is 16.8 Å². The fourth-order valence-electron chi connectivity index (χ4n) is 9.28. The minimum Gasteiger partial charge on any atom is -0.506 e. The van der Waals surface area contributed by atoms with Crippen molar-refractivity contribution in [3.8, 4) is 17.2 Å². The molecule has 9 rings (SSSR count). The van der Waals surface area contributed by atoms with Crippen molar-refractivity contribution in [3.63, 3.8) is 0 Å². The van der Waals surface area contributed by atoms with Crippen molar-refractivity contribution in [1.82, 2.24) is 20.1 Å². The number of phenols is 1. The van der Waals surface area contributed by atoms with E-state index in [9.17, 15) is 29.7 Å². The number of aromatic amines is 1. The number of likely N-dealkylation sites (tertiary alicyclic amines) is 1. The highest BCUT2D eigenvalue weighted by molar-refractivity contribution is 5.98. The predicted molar refractivity (Wildman–Crippen MR) is 219 cm³/mol. The molecule has 2 unspecified atom stereocenters. The summed E-state index contributed by atoms with van der Waals surface area (Å²) < 4.78 is 12.1. The summed E-state index contributed by atoms with van der Waals surface area (Å²) in [5, 5.41) is 35.5. The van der Waals surface area contributed by atoms with Crippen LogP contribution in [0.25, 0.3) is 10.9 Å². The van der Waals surface area contributed by atoms with Crippen LogP contribution in [-0.4, -0.2) is 93.9 Å². The molecule has 4 aliphatic heterocycles. The Morgan fingerprint density at radius 1 is 0.897 bits per heavy atom. The number of amides is 1. The summed E-state index contributed by atoms with van der Waals surface area (Å²) in [6.07, 6.45) is 2.90. The zero-order valence-electron chi connectivity index (χ0n) is 32.4. The van der Waals surface area contributed by atoms with Crippen LogP contribution < -0.4 is 20.3 Å². The van der Waals surface area contributed by atoms with Gasteiger partial charge in [0.2, 0.25) is 5.56 Å². The second-order valence-electron chi connectivity index (χ2n) is 15.8. The zero-order valence-corrected chi connectivity index (χ0v) is 32.4. The molecule has 4 aromatic carbocycles. The van der Waals surface area contributed by atoms with Crippen LogP contribution in [0.1, 0.15) is 58.8 Å². The molecule has 4 aliphatic rings. The molecule has 12 heteroatoms. The zero-order chi connectivity index (χ0) is 40.2. The molecule has 0 aliphatic carbocycles. The third kappa shape index (κ3) is 7.92. The van der Waals surface area contributed by atoms with Gasteiger partial charge in [0.05, 0.1) is 24.3 Å². The first-order valence-corrected chi connectivity index (χ1v) is 20.2. The largest absolute Gasteiger partial charge is 0.506 e. The number of hydrogen-bond acceptors (Lipinski definition) is 9. The number of nitrogens with one attached hydrogen (secondary N) is 2. The van der Waals surface area contributed by atoms with Gasteiger partial charge in [0, 0.05) is 36.7 Å². The maximum atomic E-state index is 14.1. The number of fused-ring (bicyclic) bond motifs is 4. The van der Waals surface area contributed by atoms with Gasteiger partial charge in [-0.1, -0.05) is 48.5 Å². The van der Waals surface area contributed by atoms with E-state index in [2.05, 4.69) is 15.2 Å². The Balaban J connectivity index is 0.809. The van der Waals surface area contributed by atoms with Crippen molar-refractivity contribution in [3.05, 3.63) is 136 Å². The molecule has 58 heavy (non-hydrogen) atoms. The van der Waals surface area contributed by atoms with Crippen molar-refractivity contribution in [2.75, 3.05) is 45.9 Å². The number of ether oxygens (including phenoxy) is 2. The van der Waals surface area contributed by atoms with Crippen molar-refractivity contribution in [2.45, 2.75) is 49.9 Å². The standard InChI is InChI=1S/C46H50N4O8/c51-39-17-15-36(37-16-18-41(53)48-42(37)39)40(52)26-47-21-4-5-24-57-35-10-6-7-30(25-35)28-58-34-13-11-32(12-14-34)44(54)50-29-46(45(55)56,33-8-2-1-3-9-33)43(50)38-27-49-22-19-31(38)20-23-49/h1-3,6-18,25,31,38,40,43,47,51-52H,4-5,19-24,26-29H2,(H,48,53)(H,55,56)/t38?,40-,43+,46?/m0/s1. The number of carbonyl (C=O) groups excluding carboxylic acids is 1. The second-order valence-corrected chi connectivity index (χ2v) is 15.8. The monoisotopic (exact) mass is 786 g/mol. The summed E-state index contributed by atoms with van der Waals surface area (Å²) in [7, 11) is 0. The number of aliphatic hydroxyl groups is 1. The number of aromatic nitrogens is 1. The third-order valence-corrected chi connectivity index (χ3v) is 12.3. The number of phenolic OH excluding ortho intramolecular Hbond substituents is 1. The first-order valence-electron chi connectivity index (χ1n) is 20.2. The number of carboxylic acid groups (broad SMARTS) is 1. The molecule has 4 fully saturated rings. The molecule has 2 bridgehead atoms. The van der Waals surface area contributed by atoms with E-state index < -0.39 is 23.5 Å².